The van der Waals surface area contributed by atoms with E-state index in [-0.39, 0.29) is 12.1 Å². The molecule has 108 valence electrons. The Labute approximate surface area is 113 Å². The Hall–Kier alpha value is -1.75. The third-order valence-corrected chi connectivity index (χ3v) is 3.48. The summed E-state index contributed by atoms with van der Waals surface area (Å²) in [4.78, 5) is 2.58. The molecule has 1 saturated carbocycles. The van der Waals surface area contributed by atoms with Gasteiger partial charge in [0.2, 0.25) is 0 Å². The van der Waals surface area contributed by atoms with Crippen LogP contribution in [0.1, 0.15) is 23.5 Å². The number of azide groups is 1. The third-order valence-electron chi connectivity index (χ3n) is 3.48. The van der Waals surface area contributed by atoms with Crippen molar-refractivity contribution in [3.63, 3.8) is 0 Å². The lowest BCUT2D eigenvalue weighted by atomic mass is 9.79. The van der Waals surface area contributed by atoms with Crippen LogP contribution in [0.4, 0.5) is 17.6 Å². The molecular weight excluding hydrogens is 274 g/mol. The summed E-state index contributed by atoms with van der Waals surface area (Å²) >= 11 is 0. The predicted octanol–water partition coefficient (Wildman–Crippen LogP) is 4.34. The minimum Gasteiger partial charge on any atom is -0.244 e. The van der Waals surface area contributed by atoms with Crippen molar-refractivity contribution < 1.29 is 17.6 Å². The van der Waals surface area contributed by atoms with Gasteiger partial charge in [0, 0.05) is 11.3 Å². The molecule has 0 bridgehead atoms. The van der Waals surface area contributed by atoms with Crippen molar-refractivity contribution in [3.05, 3.63) is 45.8 Å². The zero-order valence-electron chi connectivity index (χ0n) is 10.5. The summed E-state index contributed by atoms with van der Waals surface area (Å²) in [6.07, 6.45) is -8.93. The van der Waals surface area contributed by atoms with E-state index in [1.165, 1.54) is 18.2 Å². The molecule has 20 heavy (non-hydrogen) atoms. The van der Waals surface area contributed by atoms with Gasteiger partial charge >= 0.3 is 0 Å². The Balaban J connectivity index is 2.30. The van der Waals surface area contributed by atoms with Crippen molar-refractivity contribution in [1.29, 1.82) is 0 Å². The summed E-state index contributed by atoms with van der Waals surface area (Å²) < 4.78 is 54.5. The van der Waals surface area contributed by atoms with E-state index in [0.717, 1.165) is 0 Å². The van der Waals surface area contributed by atoms with Gasteiger partial charge in [-0.15, -0.1) is 0 Å². The maximum absolute atomic E-state index is 13.9. The molecule has 1 aromatic carbocycles. The molecule has 0 radical (unpaired) electrons. The first-order valence-electron chi connectivity index (χ1n) is 6.20. The van der Waals surface area contributed by atoms with Crippen LogP contribution < -0.4 is 0 Å². The fourth-order valence-corrected chi connectivity index (χ4v) is 2.48. The monoisotopic (exact) mass is 287 g/mol. The molecule has 0 heterocycles. The topological polar surface area (TPSA) is 48.8 Å². The maximum Gasteiger partial charge on any atom is 0.141 e. The normalized spacial score (nSPS) is 33.5. The van der Waals surface area contributed by atoms with Crippen LogP contribution in [-0.2, 0) is 6.54 Å². The van der Waals surface area contributed by atoms with E-state index >= 15 is 0 Å². The van der Waals surface area contributed by atoms with Crippen molar-refractivity contribution in [2.75, 3.05) is 0 Å². The molecule has 7 heteroatoms. The lowest BCUT2D eigenvalue weighted by Gasteiger charge is -2.34. The zero-order valence-corrected chi connectivity index (χ0v) is 10.5. The van der Waals surface area contributed by atoms with Crippen LogP contribution in [0.15, 0.2) is 29.4 Å². The number of benzene rings is 1. The molecule has 0 amide bonds. The molecule has 1 aromatic rings. The van der Waals surface area contributed by atoms with E-state index in [1.54, 1.807) is 6.07 Å². The average molecular weight is 287 g/mol. The van der Waals surface area contributed by atoms with E-state index < -0.39 is 37.0 Å². The SMILES string of the molecule is [N-]=[N+]=NCc1cccc(C2[C@@H](F)[C@@H](F)C[C@@H](F)[C@H]2F)c1. The minimum atomic E-state index is -2.08. The highest BCUT2D eigenvalue weighted by Gasteiger charge is 2.47. The average Bonchev–Trinajstić information content (AvgIpc) is 2.44. The zero-order chi connectivity index (χ0) is 14.7. The quantitative estimate of drug-likeness (QED) is 0.344. The van der Waals surface area contributed by atoms with Crippen LogP contribution in [-0.4, -0.2) is 24.7 Å². The van der Waals surface area contributed by atoms with Gasteiger partial charge in [0.05, 0.1) is 12.5 Å². The third kappa shape index (κ3) is 2.88. The van der Waals surface area contributed by atoms with Crippen molar-refractivity contribution in [2.24, 2.45) is 5.11 Å². The minimum absolute atomic E-state index is 0.0169. The second kappa shape index (κ2) is 6.13. The van der Waals surface area contributed by atoms with Crippen LogP contribution in [0, 0.1) is 0 Å². The summed E-state index contributed by atoms with van der Waals surface area (Å²) in [6.45, 7) is 0.0169. The summed E-state index contributed by atoms with van der Waals surface area (Å²) in [5.41, 5.74) is 8.96. The highest BCUT2D eigenvalue weighted by atomic mass is 19.2. The molecule has 0 aromatic heterocycles. The Kier molecular flexibility index (Phi) is 4.49. The van der Waals surface area contributed by atoms with Gasteiger partial charge in [0.25, 0.3) is 0 Å². The lowest BCUT2D eigenvalue weighted by Crippen LogP contribution is -2.43. The largest absolute Gasteiger partial charge is 0.244 e. The van der Waals surface area contributed by atoms with Gasteiger partial charge in [-0.05, 0) is 16.7 Å². The molecular formula is C13H13F4N3. The van der Waals surface area contributed by atoms with Crippen molar-refractivity contribution in [1.82, 2.24) is 0 Å². The standard InChI is InChI=1S/C13H13F4N3/c14-9-5-10(15)13(17)11(12(9)16)8-3-1-2-7(4-8)6-19-20-18/h1-4,9-13H,5-6H2/t9-,10+,11?,12-,13+. The molecule has 0 aliphatic heterocycles. The highest BCUT2D eigenvalue weighted by Crippen LogP contribution is 2.40. The number of halogens is 4. The number of alkyl halides is 4. The van der Waals surface area contributed by atoms with Crippen LogP contribution in [0.2, 0.25) is 0 Å². The number of nitrogens with zero attached hydrogens (tertiary/aromatic N) is 3. The Morgan fingerprint density at radius 3 is 2.40 bits per heavy atom. The molecule has 1 aliphatic rings. The second-order valence-corrected chi connectivity index (χ2v) is 4.82. The van der Waals surface area contributed by atoms with Crippen molar-refractivity contribution in [3.8, 4) is 0 Å². The van der Waals surface area contributed by atoms with E-state index in [2.05, 4.69) is 10.0 Å². The lowest BCUT2D eigenvalue weighted by molar-refractivity contribution is -0.00572. The molecule has 0 N–H and O–H groups in total. The maximum atomic E-state index is 13.9. The number of rotatable bonds is 3. The van der Waals surface area contributed by atoms with Crippen LogP contribution in [0.5, 0.6) is 0 Å². The first kappa shape index (κ1) is 14.7. The molecule has 1 unspecified atom stereocenters. The van der Waals surface area contributed by atoms with Gasteiger partial charge < -0.3 is 0 Å². The first-order chi connectivity index (χ1) is 9.54. The fraction of sp³-hybridized carbons (Fsp3) is 0.538. The van der Waals surface area contributed by atoms with E-state index in [1.807, 2.05) is 0 Å². The van der Waals surface area contributed by atoms with Crippen LogP contribution >= 0.6 is 0 Å². The number of hydrogen-bond donors (Lipinski definition) is 0. The fourth-order valence-electron chi connectivity index (χ4n) is 2.48. The van der Waals surface area contributed by atoms with Crippen LogP contribution in [0.3, 0.4) is 0 Å². The molecule has 5 atom stereocenters. The molecule has 3 nitrogen and oxygen atoms in total. The Morgan fingerprint density at radius 2 is 1.80 bits per heavy atom. The molecule has 1 fully saturated rings. The van der Waals surface area contributed by atoms with Gasteiger partial charge in [-0.2, -0.15) is 0 Å². The summed E-state index contributed by atoms with van der Waals surface area (Å²) in [5.74, 6) is -1.47. The van der Waals surface area contributed by atoms with Crippen LogP contribution in [0.25, 0.3) is 10.4 Å². The summed E-state index contributed by atoms with van der Waals surface area (Å²) in [7, 11) is 0. The summed E-state index contributed by atoms with van der Waals surface area (Å²) in [5, 5.41) is 3.34. The van der Waals surface area contributed by atoms with Gasteiger partial charge in [-0.25, -0.2) is 17.6 Å². The van der Waals surface area contributed by atoms with E-state index in [4.69, 9.17) is 5.53 Å². The van der Waals surface area contributed by atoms with Crippen molar-refractivity contribution in [2.45, 2.75) is 43.6 Å². The molecule has 0 saturated heterocycles. The van der Waals surface area contributed by atoms with Gasteiger partial charge in [-0.3, -0.25) is 0 Å². The predicted molar refractivity (Wildman–Crippen MR) is 66.2 cm³/mol. The highest BCUT2D eigenvalue weighted by molar-refractivity contribution is 5.29. The first-order valence-corrected chi connectivity index (χ1v) is 6.20. The van der Waals surface area contributed by atoms with E-state index in [9.17, 15) is 17.6 Å². The molecule has 2 rings (SSSR count). The smallest absolute Gasteiger partial charge is 0.141 e. The second-order valence-electron chi connectivity index (χ2n) is 4.82. The Morgan fingerprint density at radius 1 is 1.15 bits per heavy atom. The molecule has 1 aliphatic carbocycles. The van der Waals surface area contributed by atoms with Crippen molar-refractivity contribution >= 4 is 0 Å². The van der Waals surface area contributed by atoms with E-state index in [0.29, 0.717) is 5.56 Å². The molecule has 0 spiro atoms. The Bertz CT molecular complexity index is 504. The van der Waals surface area contributed by atoms with Gasteiger partial charge in [-0.1, -0.05) is 29.4 Å². The van der Waals surface area contributed by atoms with Gasteiger partial charge in [0.1, 0.15) is 24.7 Å². The van der Waals surface area contributed by atoms with Gasteiger partial charge in [0.15, 0.2) is 0 Å². The number of hydrogen-bond acceptors (Lipinski definition) is 1. The summed E-state index contributed by atoms with van der Waals surface area (Å²) in [6, 6.07) is 5.98.